The highest BCUT2D eigenvalue weighted by molar-refractivity contribution is 7.12. The lowest BCUT2D eigenvalue weighted by Gasteiger charge is -2.44. The molecule has 0 radical (unpaired) electrons. The number of thiophene rings is 1. The average molecular weight is 462 g/mol. The van der Waals surface area contributed by atoms with Gasteiger partial charge in [0.15, 0.2) is 5.78 Å². The maximum Gasteiger partial charge on any atom is 0.437 e. The lowest BCUT2D eigenvalue weighted by atomic mass is 9.78. The summed E-state index contributed by atoms with van der Waals surface area (Å²) in [4.78, 5) is 25.3. The van der Waals surface area contributed by atoms with E-state index in [2.05, 4.69) is 5.32 Å². The minimum Gasteiger partial charge on any atom is -0.457 e. The van der Waals surface area contributed by atoms with E-state index in [9.17, 15) is 27.9 Å². The molecule has 3 N–H and O–H groups in total. The Morgan fingerprint density at radius 3 is 2.41 bits per heavy atom. The van der Waals surface area contributed by atoms with Gasteiger partial charge in [-0.05, 0) is 41.3 Å². The first-order valence-corrected chi connectivity index (χ1v) is 10.4. The third kappa shape index (κ3) is 4.06. The van der Waals surface area contributed by atoms with Crippen molar-refractivity contribution in [3.63, 3.8) is 0 Å². The van der Waals surface area contributed by atoms with Crippen LogP contribution in [0.4, 0.5) is 18.0 Å². The largest absolute Gasteiger partial charge is 0.457 e. The highest BCUT2D eigenvalue weighted by atomic mass is 32.1. The lowest BCUT2D eigenvalue weighted by Crippen LogP contribution is -2.72. The van der Waals surface area contributed by atoms with Gasteiger partial charge >= 0.3 is 12.2 Å². The fourth-order valence-electron chi connectivity index (χ4n) is 3.58. The van der Waals surface area contributed by atoms with Gasteiger partial charge in [-0.15, -0.1) is 11.3 Å². The molecule has 1 saturated heterocycles. The SMILES string of the molecule is O=C1NC(c2cccc(Oc3ccccc3)c2)C(C(=O)c2cccs2)C(O)(C(F)(F)F)N1. The van der Waals surface area contributed by atoms with E-state index in [-0.39, 0.29) is 10.4 Å². The Morgan fingerprint density at radius 1 is 1.03 bits per heavy atom. The van der Waals surface area contributed by atoms with E-state index in [1.54, 1.807) is 36.4 Å². The molecule has 3 atom stereocenters. The summed E-state index contributed by atoms with van der Waals surface area (Å²) in [6.07, 6.45) is -5.31. The van der Waals surface area contributed by atoms with Crippen molar-refractivity contribution >= 4 is 23.2 Å². The van der Waals surface area contributed by atoms with Crippen LogP contribution in [0.5, 0.6) is 11.5 Å². The van der Waals surface area contributed by atoms with Gasteiger partial charge in [0.25, 0.3) is 0 Å². The molecular weight excluding hydrogens is 445 g/mol. The minimum absolute atomic E-state index is 0.0253. The van der Waals surface area contributed by atoms with Gasteiger partial charge in [-0.1, -0.05) is 36.4 Å². The van der Waals surface area contributed by atoms with Gasteiger partial charge in [0.1, 0.15) is 17.4 Å². The topological polar surface area (TPSA) is 87.7 Å². The predicted octanol–water partition coefficient (Wildman–Crippen LogP) is 4.64. The van der Waals surface area contributed by atoms with Crippen LogP contribution in [0, 0.1) is 5.92 Å². The summed E-state index contributed by atoms with van der Waals surface area (Å²) in [5.41, 5.74) is -3.59. The zero-order valence-electron chi connectivity index (χ0n) is 16.3. The second-order valence-corrected chi connectivity index (χ2v) is 8.09. The lowest BCUT2D eigenvalue weighted by molar-refractivity contribution is -0.287. The number of hydrogen-bond donors (Lipinski definition) is 3. The zero-order chi connectivity index (χ0) is 22.9. The Kier molecular flexibility index (Phi) is 5.66. The molecular formula is C22H17F3N2O4S. The Morgan fingerprint density at radius 2 is 1.75 bits per heavy atom. The van der Waals surface area contributed by atoms with E-state index in [4.69, 9.17) is 4.74 Å². The van der Waals surface area contributed by atoms with Gasteiger partial charge in [-0.25, -0.2) is 4.79 Å². The summed E-state index contributed by atoms with van der Waals surface area (Å²) >= 11 is 0.946. The standard InChI is InChI=1S/C22H17F3N2O4S/c23-22(24,25)21(30)17(19(28)16-10-5-11-32-16)18(26-20(29)27-21)13-6-4-9-15(12-13)31-14-7-2-1-3-8-14/h1-12,17-18,30H,(H2,26,27,29). The van der Waals surface area contributed by atoms with Crippen molar-refractivity contribution in [2.24, 2.45) is 5.92 Å². The molecule has 6 nitrogen and oxygen atoms in total. The molecule has 2 amide bonds. The van der Waals surface area contributed by atoms with E-state index in [0.717, 1.165) is 11.3 Å². The highest BCUT2D eigenvalue weighted by Gasteiger charge is 2.66. The number of aliphatic hydroxyl groups is 1. The highest BCUT2D eigenvalue weighted by Crippen LogP contribution is 2.44. The van der Waals surface area contributed by atoms with Crippen LogP contribution in [-0.2, 0) is 0 Å². The molecule has 3 unspecified atom stereocenters. The number of ketones is 1. The first-order valence-electron chi connectivity index (χ1n) is 9.47. The number of carbonyl (C=O) groups excluding carboxylic acids is 2. The number of carbonyl (C=O) groups is 2. The third-order valence-corrected chi connectivity index (χ3v) is 5.93. The van der Waals surface area contributed by atoms with E-state index in [1.807, 2.05) is 0 Å². The summed E-state index contributed by atoms with van der Waals surface area (Å²) in [5, 5.41) is 16.0. The maximum absolute atomic E-state index is 13.9. The van der Waals surface area contributed by atoms with Crippen LogP contribution in [0.2, 0.25) is 0 Å². The molecule has 1 aliphatic rings. The molecule has 2 aromatic carbocycles. The quantitative estimate of drug-likeness (QED) is 0.482. The van der Waals surface area contributed by atoms with Gasteiger partial charge in [0.05, 0.1) is 10.9 Å². The number of amides is 2. The van der Waals surface area contributed by atoms with Crippen LogP contribution in [0.25, 0.3) is 0 Å². The fourth-order valence-corrected chi connectivity index (χ4v) is 4.29. The summed E-state index contributed by atoms with van der Waals surface area (Å²) in [5.74, 6) is -2.24. The van der Waals surface area contributed by atoms with Crippen molar-refractivity contribution in [1.29, 1.82) is 0 Å². The summed E-state index contributed by atoms with van der Waals surface area (Å²) in [7, 11) is 0. The molecule has 3 aromatic rings. The number of rotatable bonds is 5. The van der Waals surface area contributed by atoms with Crippen LogP contribution in [0.3, 0.4) is 0 Å². The van der Waals surface area contributed by atoms with E-state index >= 15 is 0 Å². The molecule has 166 valence electrons. The summed E-state index contributed by atoms with van der Waals surface area (Å²) < 4.78 is 47.6. The number of benzene rings is 2. The van der Waals surface area contributed by atoms with Gasteiger partial charge < -0.3 is 20.5 Å². The number of ether oxygens (including phenoxy) is 1. The number of halogens is 3. The molecule has 4 rings (SSSR count). The summed E-state index contributed by atoms with van der Waals surface area (Å²) in [6.45, 7) is 0. The third-order valence-electron chi connectivity index (χ3n) is 5.05. The summed E-state index contributed by atoms with van der Waals surface area (Å²) in [6, 6.07) is 14.9. The van der Waals surface area contributed by atoms with Crippen LogP contribution >= 0.6 is 11.3 Å². The van der Waals surface area contributed by atoms with E-state index in [0.29, 0.717) is 11.5 Å². The number of alkyl halides is 3. The molecule has 0 spiro atoms. The zero-order valence-corrected chi connectivity index (χ0v) is 17.1. The minimum atomic E-state index is -5.31. The van der Waals surface area contributed by atoms with Crippen molar-refractivity contribution in [3.05, 3.63) is 82.6 Å². The molecule has 10 heteroatoms. The van der Waals surface area contributed by atoms with Crippen LogP contribution in [-0.4, -0.2) is 28.8 Å². The first kappa shape index (κ1) is 21.8. The monoisotopic (exact) mass is 462 g/mol. The second-order valence-electron chi connectivity index (χ2n) is 7.15. The van der Waals surface area contributed by atoms with Crippen molar-refractivity contribution in [3.8, 4) is 11.5 Å². The van der Waals surface area contributed by atoms with Crippen molar-refractivity contribution in [2.45, 2.75) is 17.9 Å². The van der Waals surface area contributed by atoms with Gasteiger partial charge in [-0.2, -0.15) is 13.2 Å². The maximum atomic E-state index is 13.9. The number of urea groups is 1. The second kappa shape index (κ2) is 8.29. The molecule has 32 heavy (non-hydrogen) atoms. The number of nitrogens with one attached hydrogen (secondary N) is 2. The molecule has 1 aliphatic heterocycles. The van der Waals surface area contributed by atoms with E-state index < -0.39 is 35.7 Å². The van der Waals surface area contributed by atoms with Crippen LogP contribution in [0.15, 0.2) is 72.1 Å². The smallest absolute Gasteiger partial charge is 0.437 e. The van der Waals surface area contributed by atoms with Crippen molar-refractivity contribution < 1.29 is 32.6 Å². The Labute approximate surface area is 184 Å². The molecule has 0 bridgehead atoms. The number of para-hydroxylation sites is 1. The van der Waals surface area contributed by atoms with Crippen LogP contribution < -0.4 is 15.4 Å². The van der Waals surface area contributed by atoms with E-state index in [1.165, 1.54) is 41.0 Å². The van der Waals surface area contributed by atoms with Crippen molar-refractivity contribution in [1.82, 2.24) is 10.6 Å². The Hall–Kier alpha value is -3.37. The van der Waals surface area contributed by atoms with Crippen LogP contribution in [0.1, 0.15) is 21.3 Å². The number of hydrogen-bond acceptors (Lipinski definition) is 5. The molecule has 1 fully saturated rings. The Balaban J connectivity index is 1.77. The fraction of sp³-hybridized carbons (Fsp3) is 0.182. The normalized spacial score (nSPS) is 23.2. The Bertz CT molecular complexity index is 1120. The molecule has 0 saturated carbocycles. The van der Waals surface area contributed by atoms with Gasteiger partial charge in [0.2, 0.25) is 5.72 Å². The van der Waals surface area contributed by atoms with Crippen molar-refractivity contribution in [2.75, 3.05) is 0 Å². The number of Topliss-reactive ketones (excluding diaryl/α,β-unsaturated/α-hetero) is 1. The average Bonchev–Trinajstić information content (AvgIpc) is 3.28. The van der Waals surface area contributed by atoms with Gasteiger partial charge in [-0.3, -0.25) is 4.79 Å². The molecule has 0 aliphatic carbocycles. The first-order chi connectivity index (χ1) is 15.2. The molecule has 1 aromatic heterocycles. The predicted molar refractivity (Wildman–Crippen MR) is 111 cm³/mol. The molecule has 2 heterocycles. The van der Waals surface area contributed by atoms with Gasteiger partial charge in [0, 0.05) is 0 Å².